The highest BCUT2D eigenvalue weighted by molar-refractivity contribution is 7.87. The maximum atomic E-state index is 11.2. The Labute approximate surface area is 90.2 Å². The second kappa shape index (κ2) is 7.09. The van der Waals surface area contributed by atoms with E-state index in [9.17, 15) is 8.42 Å². The van der Waals surface area contributed by atoms with Crippen molar-refractivity contribution in [1.29, 1.82) is 0 Å². The van der Waals surface area contributed by atoms with Crippen LogP contribution in [0.25, 0.3) is 0 Å². The molecule has 0 aromatic rings. The molecule has 0 fully saturated rings. The lowest BCUT2D eigenvalue weighted by molar-refractivity contribution is 0.164. The quantitative estimate of drug-likeness (QED) is 0.359. The molecule has 0 aliphatic rings. The van der Waals surface area contributed by atoms with Gasteiger partial charge in [0.2, 0.25) is 0 Å². The second-order valence-corrected chi connectivity index (χ2v) is 4.73. The third kappa shape index (κ3) is 7.65. The highest BCUT2D eigenvalue weighted by atomic mass is 32.2. The highest BCUT2D eigenvalue weighted by Crippen LogP contribution is 1.87. The van der Waals surface area contributed by atoms with Crippen LogP contribution in [0.15, 0.2) is 0 Å². The fourth-order valence-corrected chi connectivity index (χ4v) is 1.57. The Bertz CT molecular complexity index is 255. The standard InChI is InChI=1S/C7H19N3O4S/c1-6(11)7(8)5-10-15(12,13)9-3-4-14-2/h6-7,9-11H,3-5,8H2,1-2H3. The predicted octanol–water partition coefficient (Wildman–Crippen LogP) is -2.24. The number of aliphatic hydroxyl groups is 1. The van der Waals surface area contributed by atoms with E-state index in [1.807, 2.05) is 0 Å². The molecule has 0 radical (unpaired) electrons. The SMILES string of the molecule is COCCNS(=O)(=O)NCC(N)C(C)O. The predicted molar refractivity (Wildman–Crippen MR) is 56.5 cm³/mol. The normalized spacial score (nSPS) is 16.3. The van der Waals surface area contributed by atoms with Gasteiger partial charge < -0.3 is 15.6 Å². The minimum Gasteiger partial charge on any atom is -0.392 e. The lowest BCUT2D eigenvalue weighted by Crippen LogP contribution is -2.47. The van der Waals surface area contributed by atoms with Crippen molar-refractivity contribution in [3.63, 3.8) is 0 Å². The van der Waals surface area contributed by atoms with Crippen LogP contribution >= 0.6 is 0 Å². The van der Waals surface area contributed by atoms with Gasteiger partial charge in [-0.2, -0.15) is 13.1 Å². The van der Waals surface area contributed by atoms with Crippen molar-refractivity contribution in [3.05, 3.63) is 0 Å². The van der Waals surface area contributed by atoms with Crippen LogP contribution in [0.4, 0.5) is 0 Å². The molecule has 2 unspecified atom stereocenters. The largest absolute Gasteiger partial charge is 0.392 e. The summed E-state index contributed by atoms with van der Waals surface area (Å²) in [5, 5.41) is 9.03. The Morgan fingerprint density at radius 3 is 2.53 bits per heavy atom. The first-order valence-electron chi connectivity index (χ1n) is 4.56. The maximum Gasteiger partial charge on any atom is 0.277 e. The molecule has 0 aliphatic carbocycles. The summed E-state index contributed by atoms with van der Waals surface area (Å²) in [4.78, 5) is 0. The van der Waals surface area contributed by atoms with Gasteiger partial charge in [-0.05, 0) is 6.92 Å². The van der Waals surface area contributed by atoms with Crippen LogP contribution in [0.5, 0.6) is 0 Å². The van der Waals surface area contributed by atoms with E-state index < -0.39 is 22.4 Å². The summed E-state index contributed by atoms with van der Waals surface area (Å²) < 4.78 is 31.6. The molecule has 7 nitrogen and oxygen atoms in total. The minimum atomic E-state index is -3.55. The lowest BCUT2D eigenvalue weighted by atomic mass is 10.2. The van der Waals surface area contributed by atoms with Crippen LogP contribution < -0.4 is 15.2 Å². The van der Waals surface area contributed by atoms with Gasteiger partial charge in [0.25, 0.3) is 10.2 Å². The molecule has 0 saturated carbocycles. The maximum absolute atomic E-state index is 11.2. The number of rotatable bonds is 8. The Hall–Kier alpha value is -0.250. The molecule has 5 N–H and O–H groups in total. The summed E-state index contributed by atoms with van der Waals surface area (Å²) in [6.45, 7) is 1.97. The van der Waals surface area contributed by atoms with Gasteiger partial charge in [0.05, 0.1) is 12.7 Å². The molecule has 0 amide bonds. The smallest absolute Gasteiger partial charge is 0.277 e. The van der Waals surface area contributed by atoms with Crippen LogP contribution in [0.2, 0.25) is 0 Å². The zero-order chi connectivity index (χ0) is 11.9. The summed E-state index contributed by atoms with van der Waals surface area (Å²) in [5.41, 5.74) is 5.45. The molecule has 0 spiro atoms. The van der Waals surface area contributed by atoms with Gasteiger partial charge in [-0.3, -0.25) is 0 Å². The molecule has 92 valence electrons. The molecule has 0 rings (SSSR count). The van der Waals surface area contributed by atoms with Gasteiger partial charge in [-0.1, -0.05) is 0 Å². The molecule has 0 aromatic carbocycles. The number of aliphatic hydroxyl groups excluding tert-OH is 1. The van der Waals surface area contributed by atoms with Crippen LogP contribution in [0.1, 0.15) is 6.92 Å². The summed E-state index contributed by atoms with van der Waals surface area (Å²) in [6, 6.07) is -0.621. The van der Waals surface area contributed by atoms with Crippen LogP contribution in [0.3, 0.4) is 0 Å². The summed E-state index contributed by atoms with van der Waals surface area (Å²) in [7, 11) is -2.08. The van der Waals surface area contributed by atoms with E-state index in [2.05, 4.69) is 14.2 Å². The van der Waals surface area contributed by atoms with Crippen molar-refractivity contribution >= 4 is 10.2 Å². The molecular formula is C7H19N3O4S. The van der Waals surface area contributed by atoms with Gasteiger partial charge in [0.1, 0.15) is 0 Å². The molecule has 2 atom stereocenters. The van der Waals surface area contributed by atoms with Crippen LogP contribution in [-0.2, 0) is 14.9 Å². The molecule has 0 heterocycles. The summed E-state index contributed by atoms with van der Waals surface area (Å²) >= 11 is 0. The zero-order valence-electron chi connectivity index (χ0n) is 8.93. The van der Waals surface area contributed by atoms with Crippen molar-refractivity contribution in [2.45, 2.75) is 19.1 Å². The van der Waals surface area contributed by atoms with Crippen LogP contribution in [-0.4, -0.2) is 52.5 Å². The molecule has 0 aliphatic heterocycles. The molecule has 0 saturated heterocycles. The first-order chi connectivity index (χ1) is 6.89. The number of hydrogen-bond acceptors (Lipinski definition) is 5. The van der Waals surface area contributed by atoms with E-state index in [1.165, 1.54) is 14.0 Å². The van der Waals surface area contributed by atoms with Crippen LogP contribution in [0, 0.1) is 0 Å². The molecule has 15 heavy (non-hydrogen) atoms. The highest BCUT2D eigenvalue weighted by Gasteiger charge is 2.14. The first-order valence-corrected chi connectivity index (χ1v) is 6.04. The van der Waals surface area contributed by atoms with Gasteiger partial charge in [-0.15, -0.1) is 0 Å². The molecule has 0 aromatic heterocycles. The number of ether oxygens (including phenoxy) is 1. The Morgan fingerprint density at radius 1 is 1.47 bits per heavy atom. The number of nitrogens with two attached hydrogens (primary N) is 1. The second-order valence-electron chi connectivity index (χ2n) is 3.14. The van der Waals surface area contributed by atoms with Gasteiger partial charge in [0, 0.05) is 26.2 Å². The fraction of sp³-hybridized carbons (Fsp3) is 1.00. The van der Waals surface area contributed by atoms with E-state index in [0.717, 1.165) is 0 Å². The Morgan fingerprint density at radius 2 is 2.07 bits per heavy atom. The van der Waals surface area contributed by atoms with Crippen molar-refractivity contribution in [3.8, 4) is 0 Å². The van der Waals surface area contributed by atoms with E-state index in [0.29, 0.717) is 6.61 Å². The fourth-order valence-electron chi connectivity index (χ4n) is 0.706. The third-order valence-electron chi connectivity index (χ3n) is 1.73. The van der Waals surface area contributed by atoms with Gasteiger partial charge in [0.15, 0.2) is 0 Å². The summed E-state index contributed by atoms with van der Waals surface area (Å²) in [5.74, 6) is 0. The average Bonchev–Trinajstić information content (AvgIpc) is 2.14. The molecular weight excluding hydrogens is 222 g/mol. The zero-order valence-corrected chi connectivity index (χ0v) is 9.75. The summed E-state index contributed by atoms with van der Waals surface area (Å²) in [6.07, 6.45) is -0.758. The van der Waals surface area contributed by atoms with Crippen molar-refractivity contribution in [2.24, 2.45) is 5.73 Å². The van der Waals surface area contributed by atoms with E-state index in [4.69, 9.17) is 10.8 Å². The van der Waals surface area contributed by atoms with Crippen molar-refractivity contribution in [1.82, 2.24) is 9.44 Å². The number of methoxy groups -OCH3 is 1. The van der Waals surface area contributed by atoms with E-state index in [-0.39, 0.29) is 13.1 Å². The monoisotopic (exact) mass is 241 g/mol. The third-order valence-corrected chi connectivity index (χ3v) is 2.86. The minimum absolute atomic E-state index is 0.0139. The Balaban J connectivity index is 3.84. The van der Waals surface area contributed by atoms with Gasteiger partial charge >= 0.3 is 0 Å². The molecule has 0 bridgehead atoms. The first kappa shape index (κ1) is 14.8. The van der Waals surface area contributed by atoms with Gasteiger partial charge in [-0.25, -0.2) is 4.72 Å². The molecule has 8 heteroatoms. The lowest BCUT2D eigenvalue weighted by Gasteiger charge is -2.15. The Kier molecular flexibility index (Phi) is 6.98. The number of nitrogens with one attached hydrogen (secondary N) is 2. The number of hydrogen-bond donors (Lipinski definition) is 4. The topological polar surface area (TPSA) is 114 Å². The van der Waals surface area contributed by atoms with Crippen molar-refractivity contribution < 1.29 is 18.3 Å². The van der Waals surface area contributed by atoms with Crippen molar-refractivity contribution in [2.75, 3.05) is 26.8 Å². The van der Waals surface area contributed by atoms with E-state index in [1.54, 1.807) is 0 Å². The van der Waals surface area contributed by atoms with E-state index >= 15 is 0 Å². The average molecular weight is 241 g/mol.